The van der Waals surface area contributed by atoms with Gasteiger partial charge in [0.05, 0.1) is 6.17 Å². The van der Waals surface area contributed by atoms with E-state index in [0.717, 1.165) is 62.2 Å². The average Bonchev–Trinajstić information content (AvgIpc) is 2.88. The summed E-state index contributed by atoms with van der Waals surface area (Å²) in [5, 5.41) is 12.6. The molecular weight excluding hydrogens is 462 g/mol. The summed E-state index contributed by atoms with van der Waals surface area (Å²) < 4.78 is 28.3. The zero-order chi connectivity index (χ0) is 26.1. The Labute approximate surface area is 213 Å². The van der Waals surface area contributed by atoms with Crippen LogP contribution in [0.4, 0.5) is 14.5 Å². The van der Waals surface area contributed by atoms with Gasteiger partial charge in [-0.2, -0.15) is 0 Å². The Morgan fingerprint density at radius 1 is 1.31 bits per heavy atom. The summed E-state index contributed by atoms with van der Waals surface area (Å²) in [5.41, 5.74) is 20.2. The van der Waals surface area contributed by atoms with Crippen molar-refractivity contribution in [3.63, 3.8) is 0 Å². The fourth-order valence-corrected chi connectivity index (χ4v) is 4.94. The van der Waals surface area contributed by atoms with Gasteiger partial charge in [0.25, 0.3) is 6.43 Å². The lowest BCUT2D eigenvalue weighted by Crippen LogP contribution is -2.49. The van der Waals surface area contributed by atoms with Gasteiger partial charge < -0.3 is 27.4 Å². The first-order valence-corrected chi connectivity index (χ1v) is 12.8. The van der Waals surface area contributed by atoms with Gasteiger partial charge in [0.1, 0.15) is 0 Å². The molecule has 0 radical (unpaired) electrons. The van der Waals surface area contributed by atoms with Crippen LogP contribution in [0.15, 0.2) is 34.6 Å². The third-order valence-corrected chi connectivity index (χ3v) is 6.89. The van der Waals surface area contributed by atoms with Crippen LogP contribution in [-0.2, 0) is 6.42 Å². The van der Waals surface area contributed by atoms with Gasteiger partial charge in [0.15, 0.2) is 0 Å². The van der Waals surface area contributed by atoms with E-state index in [4.69, 9.17) is 11.5 Å². The van der Waals surface area contributed by atoms with Crippen LogP contribution in [0.3, 0.4) is 0 Å². The molecule has 1 fully saturated rings. The Hall–Kier alpha value is -2.53. The van der Waals surface area contributed by atoms with Crippen LogP contribution >= 0.6 is 0 Å². The van der Waals surface area contributed by atoms with E-state index in [1.165, 1.54) is 18.5 Å². The standard InChI is InChI=1S/C26H42F2N8/c1-4-5-17-12-20(18(14-29)15-31-2)21(25(27)28)13-24(17)35-26(30)22-16-36(32-3)11-8-23(22)34-19-6-9-33-10-7-19/h12-15,19,25-26,32-35H,4-11,16,29-30H2,1-3H3/b18-14+,31-15?. The first-order valence-electron chi connectivity index (χ1n) is 12.8. The molecule has 8 nitrogen and oxygen atoms in total. The monoisotopic (exact) mass is 504 g/mol. The third-order valence-electron chi connectivity index (χ3n) is 6.89. The zero-order valence-corrected chi connectivity index (χ0v) is 21.7. The van der Waals surface area contributed by atoms with Gasteiger partial charge in [0, 0.05) is 73.1 Å². The second-order valence-electron chi connectivity index (χ2n) is 9.35. The Kier molecular flexibility index (Phi) is 10.7. The van der Waals surface area contributed by atoms with Gasteiger partial charge in [-0.05, 0) is 62.7 Å². The predicted octanol–water partition coefficient (Wildman–Crippen LogP) is 2.71. The van der Waals surface area contributed by atoms with Crippen molar-refractivity contribution in [3.8, 4) is 0 Å². The van der Waals surface area contributed by atoms with Gasteiger partial charge in [-0.25, -0.2) is 13.8 Å². The molecule has 0 amide bonds. The second kappa shape index (κ2) is 13.7. The predicted molar refractivity (Wildman–Crippen MR) is 145 cm³/mol. The first kappa shape index (κ1) is 28.0. The summed E-state index contributed by atoms with van der Waals surface area (Å²) in [6.07, 6.45) is 4.18. The smallest absolute Gasteiger partial charge is 0.264 e. The Morgan fingerprint density at radius 3 is 2.67 bits per heavy atom. The highest BCUT2D eigenvalue weighted by molar-refractivity contribution is 6.10. The lowest BCUT2D eigenvalue weighted by molar-refractivity contribution is 0.151. The maximum Gasteiger partial charge on any atom is 0.264 e. The molecular formula is C26H42F2N8. The van der Waals surface area contributed by atoms with Crippen LogP contribution in [0.1, 0.15) is 55.7 Å². The van der Waals surface area contributed by atoms with Crippen molar-refractivity contribution in [1.82, 2.24) is 21.1 Å². The van der Waals surface area contributed by atoms with Crippen LogP contribution in [-0.4, -0.2) is 63.7 Å². The summed E-state index contributed by atoms with van der Waals surface area (Å²) in [7, 11) is 3.49. The van der Waals surface area contributed by atoms with E-state index in [0.29, 0.717) is 35.8 Å². The van der Waals surface area contributed by atoms with Crippen LogP contribution in [0.25, 0.3) is 5.57 Å². The molecule has 1 atom stereocenters. The topological polar surface area (TPSA) is 116 Å². The minimum absolute atomic E-state index is 0.0938. The lowest BCUT2D eigenvalue weighted by atomic mass is 9.94. The molecule has 0 spiro atoms. The van der Waals surface area contributed by atoms with E-state index in [1.54, 1.807) is 13.1 Å². The molecule has 2 aliphatic rings. The van der Waals surface area contributed by atoms with Gasteiger partial charge >= 0.3 is 0 Å². The number of aliphatic imine (C=N–C) groups is 1. The number of alkyl halides is 2. The largest absolute Gasteiger partial charge is 0.404 e. The van der Waals surface area contributed by atoms with E-state index in [-0.39, 0.29) is 5.56 Å². The fraction of sp³-hybridized carbons (Fsp3) is 0.577. The zero-order valence-electron chi connectivity index (χ0n) is 21.7. The fourth-order valence-electron chi connectivity index (χ4n) is 4.94. The highest BCUT2D eigenvalue weighted by Crippen LogP contribution is 2.34. The number of benzene rings is 1. The molecule has 3 rings (SSSR count). The van der Waals surface area contributed by atoms with E-state index in [1.807, 2.05) is 7.05 Å². The van der Waals surface area contributed by atoms with Gasteiger partial charge in [-0.15, -0.1) is 0 Å². The molecule has 10 heteroatoms. The van der Waals surface area contributed by atoms with Crippen molar-refractivity contribution in [3.05, 3.63) is 46.3 Å². The van der Waals surface area contributed by atoms with Crippen LogP contribution in [0.5, 0.6) is 0 Å². The van der Waals surface area contributed by atoms with Crippen molar-refractivity contribution >= 4 is 17.5 Å². The normalized spacial score (nSPS) is 19.4. The number of aryl methyl sites for hydroxylation is 1. The van der Waals surface area contributed by atoms with Gasteiger partial charge in [0.2, 0.25) is 0 Å². The summed E-state index contributed by atoms with van der Waals surface area (Å²) in [5.74, 6) is 0. The minimum Gasteiger partial charge on any atom is -0.404 e. The van der Waals surface area contributed by atoms with Crippen molar-refractivity contribution in [2.24, 2.45) is 16.5 Å². The number of nitrogens with zero attached hydrogens (tertiary/aromatic N) is 2. The molecule has 2 aliphatic heterocycles. The molecule has 200 valence electrons. The molecule has 0 aromatic heterocycles. The average molecular weight is 505 g/mol. The molecule has 0 saturated carbocycles. The number of hydrogen-bond donors (Lipinski definition) is 6. The quantitative estimate of drug-likeness (QED) is 0.203. The summed E-state index contributed by atoms with van der Waals surface area (Å²) in [4.78, 5) is 3.98. The van der Waals surface area contributed by atoms with E-state index in [2.05, 4.69) is 38.3 Å². The van der Waals surface area contributed by atoms with Crippen LogP contribution in [0.2, 0.25) is 0 Å². The Morgan fingerprint density at radius 2 is 2.06 bits per heavy atom. The number of hydrogen-bond acceptors (Lipinski definition) is 8. The van der Waals surface area contributed by atoms with E-state index < -0.39 is 12.6 Å². The van der Waals surface area contributed by atoms with Gasteiger partial charge in [-0.3, -0.25) is 10.4 Å². The molecule has 36 heavy (non-hydrogen) atoms. The number of allylic oxidation sites excluding steroid dienone is 1. The minimum atomic E-state index is -2.67. The maximum atomic E-state index is 14.2. The van der Waals surface area contributed by atoms with Gasteiger partial charge in [-0.1, -0.05) is 13.3 Å². The molecule has 0 bridgehead atoms. The molecule has 8 N–H and O–H groups in total. The first-order chi connectivity index (χ1) is 17.4. The number of rotatable bonds is 11. The summed E-state index contributed by atoms with van der Waals surface area (Å²) in [6.45, 7) is 5.58. The highest BCUT2D eigenvalue weighted by atomic mass is 19.3. The van der Waals surface area contributed by atoms with Crippen molar-refractivity contribution in [2.75, 3.05) is 45.6 Å². The Balaban J connectivity index is 1.97. The van der Waals surface area contributed by atoms with E-state index >= 15 is 0 Å². The maximum absolute atomic E-state index is 14.2. The number of piperidine rings is 1. The van der Waals surface area contributed by atoms with Crippen molar-refractivity contribution in [1.29, 1.82) is 0 Å². The van der Waals surface area contributed by atoms with Crippen molar-refractivity contribution < 1.29 is 8.78 Å². The SMILES string of the molecule is CCCc1cc(/C(C=NC)=C/N)c(C(F)F)cc1NC(N)C1=C(NC2CCNCC2)CCN(NC)C1. The highest BCUT2D eigenvalue weighted by Gasteiger charge is 2.26. The number of hydrazine groups is 1. The van der Waals surface area contributed by atoms with Crippen molar-refractivity contribution in [2.45, 2.75) is 57.7 Å². The summed E-state index contributed by atoms with van der Waals surface area (Å²) >= 11 is 0. The molecule has 1 saturated heterocycles. The van der Waals surface area contributed by atoms with Crippen LogP contribution < -0.4 is 32.8 Å². The third kappa shape index (κ3) is 7.03. The van der Waals surface area contributed by atoms with Crippen LogP contribution in [0, 0.1) is 0 Å². The lowest BCUT2D eigenvalue weighted by Gasteiger charge is -2.36. The number of halogens is 2. The molecule has 1 unspecified atom stereocenters. The summed E-state index contributed by atoms with van der Waals surface area (Å²) in [6, 6.07) is 3.73. The van der Waals surface area contributed by atoms with E-state index in [9.17, 15) is 8.78 Å². The Bertz CT molecular complexity index is 954. The second-order valence-corrected chi connectivity index (χ2v) is 9.35. The number of anilines is 1. The molecule has 0 aliphatic carbocycles. The molecule has 1 aromatic carbocycles. The number of nitrogens with one attached hydrogen (secondary N) is 4. The molecule has 2 heterocycles. The number of nitrogens with two attached hydrogens (primary N) is 2. The molecule has 1 aromatic rings.